The number of hydrogen-bond acceptors (Lipinski definition) is 4. The molecule has 4 nitrogen and oxygen atoms in total. The van der Waals surface area contributed by atoms with Crippen LogP contribution in [0.2, 0.25) is 0 Å². The molecule has 0 saturated carbocycles. The summed E-state index contributed by atoms with van der Waals surface area (Å²) in [7, 11) is 0. The largest absolute Gasteiger partial charge is 0.309 e. The van der Waals surface area contributed by atoms with Gasteiger partial charge in [0.05, 0.1) is 5.69 Å². The maximum atomic E-state index is 5.28. The first-order valence-corrected chi connectivity index (χ1v) is 23.0. The maximum Gasteiger partial charge on any atom is 0.164 e. The number of anilines is 3. The van der Waals surface area contributed by atoms with Crippen molar-refractivity contribution in [3.63, 3.8) is 0 Å². The van der Waals surface area contributed by atoms with Crippen LogP contribution in [0, 0.1) is 0 Å². The lowest BCUT2D eigenvalue weighted by Crippen LogP contribution is -2.25. The third kappa shape index (κ3) is 9.59. The average Bonchev–Trinajstić information content (AvgIpc) is 3.29. The van der Waals surface area contributed by atoms with E-state index in [9.17, 15) is 0 Å². The summed E-state index contributed by atoms with van der Waals surface area (Å²) in [6.07, 6.45) is 0. The fraction of sp³-hybridized carbons (Fsp3) is 0.262. The molecule has 0 aliphatic rings. The normalized spacial score (nSPS) is 12.3. The Kier molecular flexibility index (Phi) is 12.0. The van der Waals surface area contributed by atoms with Crippen molar-refractivity contribution in [2.45, 2.75) is 105 Å². The molecule has 0 saturated heterocycles. The second-order valence-corrected chi connectivity index (χ2v) is 21.5. The predicted octanol–water partition coefficient (Wildman–Crippen LogP) is 16.9. The summed E-state index contributed by atoms with van der Waals surface area (Å²) in [5.74, 6) is 1.87. The highest BCUT2D eigenvalue weighted by Gasteiger charge is 2.33. The fourth-order valence-electron chi connectivity index (χ4n) is 8.58. The van der Waals surface area contributed by atoms with E-state index in [1.807, 2.05) is 36.4 Å². The Morgan fingerprint density at radius 1 is 0.308 bits per heavy atom. The molecule has 7 aromatic carbocycles. The van der Waals surface area contributed by atoms with E-state index in [1.165, 1.54) is 22.3 Å². The Labute approximate surface area is 388 Å². The van der Waals surface area contributed by atoms with Crippen LogP contribution in [0.5, 0.6) is 0 Å². The predicted molar refractivity (Wildman–Crippen MR) is 276 cm³/mol. The molecule has 1 aromatic heterocycles. The zero-order chi connectivity index (χ0) is 46.3. The molecule has 8 aromatic rings. The molecule has 328 valence electrons. The van der Waals surface area contributed by atoms with Gasteiger partial charge in [0.2, 0.25) is 0 Å². The molecule has 0 aliphatic heterocycles. The van der Waals surface area contributed by atoms with Crippen molar-refractivity contribution in [3.8, 4) is 56.4 Å². The lowest BCUT2D eigenvalue weighted by Gasteiger charge is -2.39. The molecule has 65 heavy (non-hydrogen) atoms. The fourth-order valence-corrected chi connectivity index (χ4v) is 8.58. The molecule has 0 spiro atoms. The molecule has 0 radical (unpaired) electrons. The first-order chi connectivity index (χ1) is 30.8. The van der Waals surface area contributed by atoms with Crippen LogP contribution in [0.4, 0.5) is 17.1 Å². The average molecular weight is 853 g/mol. The van der Waals surface area contributed by atoms with Gasteiger partial charge in [0.25, 0.3) is 0 Å². The van der Waals surface area contributed by atoms with Gasteiger partial charge in [0.15, 0.2) is 17.5 Å². The number of rotatable bonds is 8. The third-order valence-electron chi connectivity index (χ3n) is 12.3. The Bertz CT molecular complexity index is 2730. The monoisotopic (exact) mass is 853 g/mol. The van der Waals surface area contributed by atoms with Gasteiger partial charge < -0.3 is 4.90 Å². The van der Waals surface area contributed by atoms with Crippen molar-refractivity contribution >= 4 is 17.1 Å². The zero-order valence-corrected chi connectivity index (χ0v) is 40.5. The van der Waals surface area contributed by atoms with E-state index in [-0.39, 0.29) is 21.7 Å². The number of hydrogen-bond donors (Lipinski definition) is 0. The van der Waals surface area contributed by atoms with Gasteiger partial charge in [-0.05, 0) is 79.3 Å². The molecule has 0 N–H and O–H groups in total. The second kappa shape index (κ2) is 17.4. The maximum absolute atomic E-state index is 5.28. The summed E-state index contributed by atoms with van der Waals surface area (Å²) in [5.41, 5.74) is 15.2. The Morgan fingerprint density at radius 2 is 0.615 bits per heavy atom. The Morgan fingerprint density at radius 3 is 0.923 bits per heavy atom. The van der Waals surface area contributed by atoms with Gasteiger partial charge in [0.1, 0.15) is 0 Å². The number of nitrogens with zero attached hydrogens (tertiary/aromatic N) is 4. The summed E-state index contributed by atoms with van der Waals surface area (Å²) in [5, 5.41) is 0. The number of aromatic nitrogens is 3. The zero-order valence-electron chi connectivity index (χ0n) is 40.5. The molecule has 8 rings (SSSR count). The molecule has 0 atom stereocenters. The standard InChI is InChI=1S/C61H64N4/c1-58(2,3)46-33-35-52(50(39-46)60(7,8)9)65(53-36-34-47(59(4,5)6)40-51(53)61(10,11)12)54-48(41-25-17-13-18-26-41)37-45(38-49(54)42-27-19-14-20-28-42)57-63-55(43-29-21-15-22-30-43)62-56(64-57)44-31-23-16-24-32-44/h13-40H,1-12H3. The van der Waals surface area contributed by atoms with Gasteiger partial charge in [-0.1, -0.05) is 229 Å². The molecule has 0 fully saturated rings. The second-order valence-electron chi connectivity index (χ2n) is 21.5. The van der Waals surface area contributed by atoms with Crippen molar-refractivity contribution in [3.05, 3.63) is 192 Å². The van der Waals surface area contributed by atoms with Gasteiger partial charge in [0, 0.05) is 39.2 Å². The van der Waals surface area contributed by atoms with Crippen LogP contribution >= 0.6 is 0 Å². The number of benzene rings is 7. The van der Waals surface area contributed by atoms with Crippen LogP contribution in [0.15, 0.2) is 170 Å². The molecule has 0 aliphatic carbocycles. The van der Waals surface area contributed by atoms with E-state index in [1.54, 1.807) is 0 Å². The SMILES string of the molecule is CC(C)(C)c1ccc(N(c2ccc(C(C)(C)C)cc2C(C)(C)C)c2c(-c3ccccc3)cc(-c3nc(-c4ccccc4)nc(-c4ccccc4)n3)cc2-c2ccccc2)c(C(C)(C)C)c1. The molecule has 0 bridgehead atoms. The Hall–Kier alpha value is -6.65. The summed E-state index contributed by atoms with van der Waals surface area (Å²) in [6, 6.07) is 61.1. The highest BCUT2D eigenvalue weighted by Crippen LogP contribution is 2.53. The summed E-state index contributed by atoms with van der Waals surface area (Å²) in [6.45, 7) is 27.9. The third-order valence-corrected chi connectivity index (χ3v) is 12.3. The van der Waals surface area contributed by atoms with Crippen LogP contribution in [0.3, 0.4) is 0 Å². The first-order valence-electron chi connectivity index (χ1n) is 23.0. The first kappa shape index (κ1) is 44.9. The van der Waals surface area contributed by atoms with E-state index in [0.717, 1.165) is 56.0 Å². The van der Waals surface area contributed by atoms with Crippen molar-refractivity contribution in [1.29, 1.82) is 0 Å². The van der Waals surface area contributed by atoms with Crippen LogP contribution in [0.1, 0.15) is 105 Å². The van der Waals surface area contributed by atoms with Crippen molar-refractivity contribution in [2.75, 3.05) is 4.90 Å². The van der Waals surface area contributed by atoms with E-state index in [0.29, 0.717) is 17.5 Å². The van der Waals surface area contributed by atoms with E-state index < -0.39 is 0 Å². The minimum Gasteiger partial charge on any atom is -0.309 e. The van der Waals surface area contributed by atoms with Gasteiger partial charge in [-0.3, -0.25) is 0 Å². The van der Waals surface area contributed by atoms with Crippen LogP contribution < -0.4 is 4.90 Å². The van der Waals surface area contributed by atoms with Crippen LogP contribution in [-0.2, 0) is 21.7 Å². The van der Waals surface area contributed by atoms with Crippen molar-refractivity contribution in [2.24, 2.45) is 0 Å². The Balaban J connectivity index is 1.55. The molecular weight excluding hydrogens is 789 g/mol. The van der Waals surface area contributed by atoms with Gasteiger partial charge >= 0.3 is 0 Å². The van der Waals surface area contributed by atoms with Gasteiger partial charge in [-0.25, -0.2) is 15.0 Å². The lowest BCUT2D eigenvalue weighted by atomic mass is 9.78. The molecule has 0 unspecified atom stereocenters. The van der Waals surface area contributed by atoms with Crippen LogP contribution in [-0.4, -0.2) is 15.0 Å². The van der Waals surface area contributed by atoms with Crippen LogP contribution in [0.25, 0.3) is 56.4 Å². The molecular formula is C61H64N4. The molecule has 4 heteroatoms. The quantitative estimate of drug-likeness (QED) is 0.153. The smallest absolute Gasteiger partial charge is 0.164 e. The molecule has 0 amide bonds. The highest BCUT2D eigenvalue weighted by molar-refractivity contribution is 6.01. The molecule has 1 heterocycles. The minimum absolute atomic E-state index is 0.0396. The van der Waals surface area contributed by atoms with E-state index in [2.05, 4.69) is 221 Å². The summed E-state index contributed by atoms with van der Waals surface area (Å²) in [4.78, 5) is 18.2. The lowest BCUT2D eigenvalue weighted by molar-refractivity contribution is 0.567. The van der Waals surface area contributed by atoms with Gasteiger partial charge in [-0.15, -0.1) is 0 Å². The minimum atomic E-state index is -0.200. The van der Waals surface area contributed by atoms with E-state index in [4.69, 9.17) is 15.0 Å². The summed E-state index contributed by atoms with van der Waals surface area (Å²) >= 11 is 0. The van der Waals surface area contributed by atoms with Crippen molar-refractivity contribution < 1.29 is 0 Å². The van der Waals surface area contributed by atoms with Gasteiger partial charge in [-0.2, -0.15) is 0 Å². The summed E-state index contributed by atoms with van der Waals surface area (Å²) < 4.78 is 0. The topological polar surface area (TPSA) is 41.9 Å². The van der Waals surface area contributed by atoms with E-state index >= 15 is 0 Å². The highest BCUT2D eigenvalue weighted by atomic mass is 15.2. The van der Waals surface area contributed by atoms with Crippen molar-refractivity contribution in [1.82, 2.24) is 15.0 Å².